The molecule has 1 aromatic heterocycles. The molecule has 0 spiro atoms. The summed E-state index contributed by atoms with van der Waals surface area (Å²) >= 11 is 1.58. The number of carbonyl (C=O) groups excluding carboxylic acids is 1. The highest BCUT2D eigenvalue weighted by atomic mass is 32.1. The first-order valence-corrected chi connectivity index (χ1v) is 6.99. The summed E-state index contributed by atoms with van der Waals surface area (Å²) in [6.45, 7) is 4.60. The SMILES string of the molecule is CCOC(=O)NCc1csc(-c2ccccc2C)n1. The van der Waals surface area contributed by atoms with Crippen molar-refractivity contribution in [3.05, 3.63) is 40.9 Å². The van der Waals surface area contributed by atoms with E-state index in [9.17, 15) is 4.79 Å². The van der Waals surface area contributed by atoms with Gasteiger partial charge in [-0.15, -0.1) is 11.3 Å². The Morgan fingerprint density at radius 3 is 2.95 bits per heavy atom. The molecule has 1 heterocycles. The molecule has 0 bridgehead atoms. The van der Waals surface area contributed by atoms with E-state index in [0.29, 0.717) is 13.2 Å². The van der Waals surface area contributed by atoms with Crippen molar-refractivity contribution < 1.29 is 9.53 Å². The molecule has 2 rings (SSSR count). The number of alkyl carbamates (subject to hydrolysis) is 1. The zero-order valence-corrected chi connectivity index (χ0v) is 11.8. The Morgan fingerprint density at radius 1 is 1.42 bits per heavy atom. The van der Waals surface area contributed by atoms with Crippen LogP contribution in [0, 0.1) is 6.92 Å². The summed E-state index contributed by atoms with van der Waals surface area (Å²) in [5.41, 5.74) is 3.17. The molecular weight excluding hydrogens is 260 g/mol. The minimum atomic E-state index is -0.409. The topological polar surface area (TPSA) is 51.2 Å². The number of aromatic nitrogens is 1. The summed E-state index contributed by atoms with van der Waals surface area (Å²) in [4.78, 5) is 15.7. The number of amides is 1. The van der Waals surface area contributed by atoms with Gasteiger partial charge < -0.3 is 10.1 Å². The number of nitrogens with one attached hydrogen (secondary N) is 1. The number of benzene rings is 1. The molecular formula is C14H16N2O2S. The van der Waals surface area contributed by atoms with E-state index in [1.807, 2.05) is 17.5 Å². The molecule has 0 radical (unpaired) electrons. The van der Waals surface area contributed by atoms with Gasteiger partial charge in [0.2, 0.25) is 0 Å². The molecule has 1 amide bonds. The predicted molar refractivity (Wildman–Crippen MR) is 76.1 cm³/mol. The molecule has 0 fully saturated rings. The molecule has 0 saturated carbocycles. The zero-order chi connectivity index (χ0) is 13.7. The Labute approximate surface area is 116 Å². The first kappa shape index (κ1) is 13.5. The van der Waals surface area contributed by atoms with Gasteiger partial charge in [-0.2, -0.15) is 0 Å². The fourth-order valence-electron chi connectivity index (χ4n) is 1.67. The van der Waals surface area contributed by atoms with E-state index in [1.54, 1.807) is 18.3 Å². The molecule has 1 N–H and O–H groups in total. The maximum absolute atomic E-state index is 11.2. The third-order valence-corrected chi connectivity index (χ3v) is 3.54. The van der Waals surface area contributed by atoms with Crippen LogP contribution in [-0.2, 0) is 11.3 Å². The van der Waals surface area contributed by atoms with E-state index >= 15 is 0 Å². The average molecular weight is 276 g/mol. The van der Waals surface area contributed by atoms with E-state index in [0.717, 1.165) is 16.3 Å². The van der Waals surface area contributed by atoms with Crippen molar-refractivity contribution >= 4 is 17.4 Å². The largest absolute Gasteiger partial charge is 0.450 e. The molecule has 4 nitrogen and oxygen atoms in total. The van der Waals surface area contributed by atoms with Crippen molar-refractivity contribution in [1.82, 2.24) is 10.3 Å². The third kappa shape index (κ3) is 3.54. The Kier molecular flexibility index (Phi) is 4.52. The maximum atomic E-state index is 11.2. The van der Waals surface area contributed by atoms with Crippen LogP contribution < -0.4 is 5.32 Å². The lowest BCUT2D eigenvalue weighted by Crippen LogP contribution is -2.23. The van der Waals surface area contributed by atoms with Crippen molar-refractivity contribution in [3.8, 4) is 10.6 Å². The molecule has 0 saturated heterocycles. The van der Waals surface area contributed by atoms with Crippen molar-refractivity contribution in [2.24, 2.45) is 0 Å². The third-order valence-electron chi connectivity index (χ3n) is 2.62. The van der Waals surface area contributed by atoms with Crippen molar-refractivity contribution in [1.29, 1.82) is 0 Å². The summed E-state index contributed by atoms with van der Waals surface area (Å²) in [7, 11) is 0. The molecule has 2 aromatic rings. The Bertz CT molecular complexity index is 566. The van der Waals surface area contributed by atoms with Gasteiger partial charge in [0.25, 0.3) is 0 Å². The number of aryl methyl sites for hydroxylation is 1. The molecule has 1 aromatic carbocycles. The second-order valence-electron chi connectivity index (χ2n) is 4.03. The van der Waals surface area contributed by atoms with Gasteiger partial charge in [-0.1, -0.05) is 24.3 Å². The van der Waals surface area contributed by atoms with Gasteiger partial charge in [0.15, 0.2) is 0 Å². The number of rotatable bonds is 4. The number of nitrogens with zero attached hydrogens (tertiary/aromatic N) is 1. The Morgan fingerprint density at radius 2 is 2.21 bits per heavy atom. The van der Waals surface area contributed by atoms with E-state index in [-0.39, 0.29) is 0 Å². The van der Waals surface area contributed by atoms with Gasteiger partial charge in [0.05, 0.1) is 18.8 Å². The van der Waals surface area contributed by atoms with Crippen LogP contribution >= 0.6 is 11.3 Å². The minimum absolute atomic E-state index is 0.372. The molecule has 0 atom stereocenters. The summed E-state index contributed by atoms with van der Waals surface area (Å²) in [5.74, 6) is 0. The summed E-state index contributed by atoms with van der Waals surface area (Å²) in [6, 6.07) is 8.12. The van der Waals surface area contributed by atoms with Crippen LogP contribution in [0.15, 0.2) is 29.6 Å². The number of carbonyl (C=O) groups is 1. The molecule has 19 heavy (non-hydrogen) atoms. The number of hydrogen-bond acceptors (Lipinski definition) is 4. The van der Waals surface area contributed by atoms with Gasteiger partial charge >= 0.3 is 6.09 Å². The lowest BCUT2D eigenvalue weighted by atomic mass is 10.1. The van der Waals surface area contributed by atoms with Gasteiger partial charge in [0, 0.05) is 10.9 Å². The van der Waals surface area contributed by atoms with Crippen LogP contribution in [-0.4, -0.2) is 17.7 Å². The minimum Gasteiger partial charge on any atom is -0.450 e. The fraction of sp³-hybridized carbons (Fsp3) is 0.286. The fourth-order valence-corrected chi connectivity index (χ4v) is 2.58. The highest BCUT2D eigenvalue weighted by Crippen LogP contribution is 2.26. The van der Waals surface area contributed by atoms with Crippen LogP contribution in [0.5, 0.6) is 0 Å². The summed E-state index contributed by atoms with van der Waals surface area (Å²) in [5, 5.41) is 5.59. The lowest BCUT2D eigenvalue weighted by molar-refractivity contribution is 0.151. The van der Waals surface area contributed by atoms with Gasteiger partial charge in [-0.3, -0.25) is 0 Å². The first-order chi connectivity index (χ1) is 9.20. The predicted octanol–water partition coefficient (Wildman–Crippen LogP) is 3.36. The highest BCUT2D eigenvalue weighted by Gasteiger charge is 2.08. The highest BCUT2D eigenvalue weighted by molar-refractivity contribution is 7.13. The number of hydrogen-bond donors (Lipinski definition) is 1. The van der Waals surface area contributed by atoms with E-state index in [4.69, 9.17) is 4.74 Å². The molecule has 5 heteroatoms. The van der Waals surface area contributed by atoms with Crippen LogP contribution in [0.1, 0.15) is 18.2 Å². The molecule has 0 aliphatic rings. The monoisotopic (exact) mass is 276 g/mol. The summed E-state index contributed by atoms with van der Waals surface area (Å²) < 4.78 is 4.80. The van der Waals surface area contributed by atoms with Gasteiger partial charge in [-0.05, 0) is 19.4 Å². The van der Waals surface area contributed by atoms with Crippen LogP contribution in [0.4, 0.5) is 4.79 Å². The number of thiazole rings is 1. The number of ether oxygens (including phenoxy) is 1. The van der Waals surface area contributed by atoms with Crippen LogP contribution in [0.2, 0.25) is 0 Å². The van der Waals surface area contributed by atoms with Crippen LogP contribution in [0.25, 0.3) is 10.6 Å². The maximum Gasteiger partial charge on any atom is 0.407 e. The zero-order valence-electron chi connectivity index (χ0n) is 11.0. The molecule has 100 valence electrons. The summed E-state index contributed by atoms with van der Waals surface area (Å²) in [6.07, 6.45) is -0.409. The van der Waals surface area contributed by atoms with Gasteiger partial charge in [-0.25, -0.2) is 9.78 Å². The molecule has 0 aliphatic heterocycles. The van der Waals surface area contributed by atoms with Crippen LogP contribution in [0.3, 0.4) is 0 Å². The quantitative estimate of drug-likeness (QED) is 0.931. The second-order valence-corrected chi connectivity index (χ2v) is 4.89. The van der Waals surface area contributed by atoms with E-state index in [2.05, 4.69) is 29.4 Å². The smallest absolute Gasteiger partial charge is 0.407 e. The first-order valence-electron chi connectivity index (χ1n) is 6.11. The van der Waals surface area contributed by atoms with Gasteiger partial charge in [0.1, 0.15) is 5.01 Å². The van der Waals surface area contributed by atoms with E-state index in [1.165, 1.54) is 5.56 Å². The second kappa shape index (κ2) is 6.33. The lowest BCUT2D eigenvalue weighted by Gasteiger charge is -2.03. The Balaban J connectivity index is 2.04. The Hall–Kier alpha value is -1.88. The average Bonchev–Trinajstić information content (AvgIpc) is 2.86. The van der Waals surface area contributed by atoms with Crippen molar-refractivity contribution in [2.75, 3.05) is 6.61 Å². The van der Waals surface area contributed by atoms with E-state index < -0.39 is 6.09 Å². The standard InChI is InChI=1S/C14H16N2O2S/c1-3-18-14(17)15-8-11-9-19-13(16-11)12-7-5-4-6-10(12)2/h4-7,9H,3,8H2,1-2H3,(H,15,17). The molecule has 0 unspecified atom stereocenters. The van der Waals surface area contributed by atoms with Crippen molar-refractivity contribution in [2.45, 2.75) is 20.4 Å². The normalized spacial score (nSPS) is 10.2. The van der Waals surface area contributed by atoms with Crippen molar-refractivity contribution in [3.63, 3.8) is 0 Å². The molecule has 0 aliphatic carbocycles.